The second kappa shape index (κ2) is 8.93. The first-order valence-electron chi connectivity index (χ1n) is 9.41. The molecular formula is C21H26FN3O3. The lowest BCUT2D eigenvalue weighted by Crippen LogP contribution is -2.37. The summed E-state index contributed by atoms with van der Waals surface area (Å²) < 4.78 is 14.5. The number of phenols is 1. The normalized spacial score (nSPS) is 14.8. The maximum atomic E-state index is 14.5. The molecule has 0 aromatic heterocycles. The van der Waals surface area contributed by atoms with Gasteiger partial charge in [0.1, 0.15) is 11.6 Å². The van der Waals surface area contributed by atoms with Crippen LogP contribution in [0.4, 0.5) is 14.9 Å². The first kappa shape index (κ1) is 19.9. The van der Waals surface area contributed by atoms with Crippen LogP contribution in [0.3, 0.4) is 0 Å². The predicted octanol–water partition coefficient (Wildman–Crippen LogP) is 2.83. The molecule has 3 N–H and O–H groups in total. The van der Waals surface area contributed by atoms with Crippen molar-refractivity contribution in [2.75, 3.05) is 25.0 Å². The van der Waals surface area contributed by atoms with Gasteiger partial charge in [-0.2, -0.15) is 0 Å². The van der Waals surface area contributed by atoms with E-state index in [1.807, 2.05) is 4.90 Å². The molecule has 0 spiro atoms. The van der Waals surface area contributed by atoms with Crippen molar-refractivity contribution in [3.63, 3.8) is 0 Å². The molecule has 1 fully saturated rings. The molecule has 2 aromatic rings. The molecule has 2 amide bonds. The minimum absolute atomic E-state index is 0.144. The van der Waals surface area contributed by atoms with Crippen molar-refractivity contribution in [3.8, 4) is 5.75 Å². The lowest BCUT2D eigenvalue weighted by atomic mass is 10.1. The van der Waals surface area contributed by atoms with Gasteiger partial charge in [-0.05, 0) is 36.6 Å². The number of para-hydroxylation sites is 1. The summed E-state index contributed by atoms with van der Waals surface area (Å²) in [7, 11) is 1.64. The zero-order valence-electron chi connectivity index (χ0n) is 15.9. The van der Waals surface area contributed by atoms with Gasteiger partial charge < -0.3 is 25.3 Å². The van der Waals surface area contributed by atoms with Gasteiger partial charge in [-0.25, -0.2) is 9.18 Å². The Morgan fingerprint density at radius 3 is 2.64 bits per heavy atom. The van der Waals surface area contributed by atoms with Crippen LogP contribution in [0.2, 0.25) is 0 Å². The molecule has 0 aliphatic carbocycles. The van der Waals surface area contributed by atoms with Crippen LogP contribution in [0.1, 0.15) is 24.0 Å². The lowest BCUT2D eigenvalue weighted by molar-refractivity contribution is 0.145. The van der Waals surface area contributed by atoms with Crippen LogP contribution in [0.5, 0.6) is 5.75 Å². The van der Waals surface area contributed by atoms with E-state index in [1.54, 1.807) is 43.4 Å². The number of benzene rings is 2. The van der Waals surface area contributed by atoms with Crippen molar-refractivity contribution in [3.05, 3.63) is 59.4 Å². The average molecular weight is 387 g/mol. The highest BCUT2D eigenvalue weighted by molar-refractivity contribution is 5.74. The number of aliphatic hydroxyl groups is 1. The number of carbonyl (C=O) groups excluding carboxylic acids is 1. The number of hydrogen-bond acceptors (Lipinski definition) is 4. The Hall–Kier alpha value is -2.80. The van der Waals surface area contributed by atoms with E-state index in [2.05, 4.69) is 5.32 Å². The highest BCUT2D eigenvalue weighted by Crippen LogP contribution is 2.24. The largest absolute Gasteiger partial charge is 0.508 e. The number of halogens is 1. The standard InChI is InChI=1S/C21H26FN3O3/c1-24(14-16-4-2-3-5-20(16)27)21(28)23-13-15-6-7-19(18(22)12-15)25-10-8-17(26)9-11-25/h2-7,12,17,26-27H,8-11,13-14H2,1H3,(H,23,28). The van der Waals surface area contributed by atoms with E-state index < -0.39 is 0 Å². The van der Waals surface area contributed by atoms with Crippen molar-refractivity contribution in [2.24, 2.45) is 0 Å². The predicted molar refractivity (Wildman–Crippen MR) is 106 cm³/mol. The third kappa shape index (κ3) is 4.92. The van der Waals surface area contributed by atoms with Gasteiger partial charge in [0.25, 0.3) is 0 Å². The summed E-state index contributed by atoms with van der Waals surface area (Å²) in [6, 6.07) is 11.5. The van der Waals surface area contributed by atoms with Crippen LogP contribution < -0.4 is 10.2 Å². The fourth-order valence-electron chi connectivity index (χ4n) is 3.31. The Bertz CT molecular complexity index is 822. The zero-order valence-corrected chi connectivity index (χ0v) is 15.9. The van der Waals surface area contributed by atoms with Gasteiger partial charge in [0, 0.05) is 32.2 Å². The number of nitrogens with one attached hydrogen (secondary N) is 1. The number of phenolic OH excluding ortho intramolecular Hbond substituents is 1. The molecule has 7 heteroatoms. The molecule has 150 valence electrons. The van der Waals surface area contributed by atoms with E-state index in [4.69, 9.17) is 0 Å². The van der Waals surface area contributed by atoms with E-state index in [-0.39, 0.29) is 36.8 Å². The topological polar surface area (TPSA) is 76.0 Å². The van der Waals surface area contributed by atoms with Crippen molar-refractivity contribution >= 4 is 11.7 Å². The number of urea groups is 1. The summed E-state index contributed by atoms with van der Waals surface area (Å²) in [4.78, 5) is 15.7. The third-order valence-corrected chi connectivity index (χ3v) is 5.01. The number of aliphatic hydroxyl groups excluding tert-OH is 1. The quantitative estimate of drug-likeness (QED) is 0.737. The minimum atomic E-state index is -0.328. The fourth-order valence-corrected chi connectivity index (χ4v) is 3.31. The molecule has 1 aliphatic rings. The third-order valence-electron chi connectivity index (χ3n) is 5.01. The van der Waals surface area contributed by atoms with E-state index in [9.17, 15) is 19.4 Å². The van der Waals surface area contributed by atoms with Gasteiger partial charge in [-0.3, -0.25) is 0 Å². The number of aromatic hydroxyl groups is 1. The molecule has 0 saturated carbocycles. The van der Waals surface area contributed by atoms with Gasteiger partial charge in [0.15, 0.2) is 0 Å². The fraction of sp³-hybridized carbons (Fsp3) is 0.381. The maximum Gasteiger partial charge on any atom is 0.317 e. The first-order chi connectivity index (χ1) is 13.4. The number of rotatable bonds is 5. The molecule has 6 nitrogen and oxygen atoms in total. The number of nitrogens with zero attached hydrogens (tertiary/aromatic N) is 2. The van der Waals surface area contributed by atoms with Gasteiger partial charge >= 0.3 is 6.03 Å². The van der Waals surface area contributed by atoms with Crippen LogP contribution in [0.15, 0.2) is 42.5 Å². The smallest absolute Gasteiger partial charge is 0.317 e. The number of anilines is 1. The van der Waals surface area contributed by atoms with Crippen molar-refractivity contribution in [1.82, 2.24) is 10.2 Å². The Kier molecular flexibility index (Phi) is 6.36. The summed E-state index contributed by atoms with van der Waals surface area (Å²) in [5.41, 5.74) is 1.85. The monoisotopic (exact) mass is 387 g/mol. The second-order valence-electron chi connectivity index (χ2n) is 7.15. The molecule has 1 aliphatic heterocycles. The zero-order chi connectivity index (χ0) is 20.1. The highest BCUT2D eigenvalue weighted by Gasteiger charge is 2.20. The van der Waals surface area contributed by atoms with Gasteiger partial charge in [-0.1, -0.05) is 24.3 Å². The first-order valence-corrected chi connectivity index (χ1v) is 9.41. The Morgan fingerprint density at radius 1 is 1.25 bits per heavy atom. The SMILES string of the molecule is CN(Cc1ccccc1O)C(=O)NCc1ccc(N2CCC(O)CC2)c(F)c1. The van der Waals surface area contributed by atoms with E-state index in [1.165, 1.54) is 11.0 Å². The van der Waals surface area contributed by atoms with E-state index in [0.717, 1.165) is 0 Å². The van der Waals surface area contributed by atoms with Crippen molar-refractivity contribution < 1.29 is 19.4 Å². The lowest BCUT2D eigenvalue weighted by Gasteiger charge is -2.31. The molecule has 2 aromatic carbocycles. The molecule has 0 atom stereocenters. The minimum Gasteiger partial charge on any atom is -0.508 e. The molecule has 3 rings (SSSR count). The highest BCUT2D eigenvalue weighted by atomic mass is 19.1. The average Bonchev–Trinajstić information content (AvgIpc) is 2.69. The molecule has 1 saturated heterocycles. The summed E-state index contributed by atoms with van der Waals surface area (Å²) >= 11 is 0. The second-order valence-corrected chi connectivity index (χ2v) is 7.15. The molecule has 0 radical (unpaired) electrons. The van der Waals surface area contributed by atoms with Gasteiger partial charge in [-0.15, -0.1) is 0 Å². The molecular weight excluding hydrogens is 361 g/mol. The van der Waals surface area contributed by atoms with Crippen LogP contribution >= 0.6 is 0 Å². The van der Waals surface area contributed by atoms with Crippen LogP contribution in [-0.4, -0.2) is 47.4 Å². The number of hydrogen-bond donors (Lipinski definition) is 3. The number of carbonyl (C=O) groups is 1. The molecule has 0 bridgehead atoms. The number of piperidine rings is 1. The molecule has 28 heavy (non-hydrogen) atoms. The van der Waals surface area contributed by atoms with Crippen LogP contribution in [0, 0.1) is 5.82 Å². The van der Waals surface area contributed by atoms with Gasteiger partial charge in [0.05, 0.1) is 18.3 Å². The maximum absolute atomic E-state index is 14.5. The summed E-state index contributed by atoms with van der Waals surface area (Å²) in [5, 5.41) is 22.2. The molecule has 1 heterocycles. The van der Waals surface area contributed by atoms with E-state index in [0.29, 0.717) is 42.7 Å². The Morgan fingerprint density at radius 2 is 1.96 bits per heavy atom. The molecule has 0 unspecified atom stereocenters. The van der Waals surface area contributed by atoms with Crippen LogP contribution in [0.25, 0.3) is 0 Å². The van der Waals surface area contributed by atoms with E-state index >= 15 is 0 Å². The summed E-state index contributed by atoms with van der Waals surface area (Å²) in [6.07, 6.45) is 0.977. The van der Waals surface area contributed by atoms with Crippen molar-refractivity contribution in [1.29, 1.82) is 0 Å². The Balaban J connectivity index is 1.54. The van der Waals surface area contributed by atoms with Crippen molar-refractivity contribution in [2.45, 2.75) is 32.0 Å². The number of amides is 2. The van der Waals surface area contributed by atoms with Crippen LogP contribution in [-0.2, 0) is 13.1 Å². The summed E-state index contributed by atoms with van der Waals surface area (Å²) in [6.45, 7) is 1.74. The Labute approximate surface area is 164 Å². The van der Waals surface area contributed by atoms with Gasteiger partial charge in [0.2, 0.25) is 0 Å². The summed E-state index contributed by atoms with van der Waals surface area (Å²) in [5.74, 6) is -0.184.